The molecule has 0 aliphatic rings. The number of urea groups is 1. The van der Waals surface area contributed by atoms with Crippen LogP contribution < -0.4 is 10.6 Å². The van der Waals surface area contributed by atoms with Gasteiger partial charge in [-0.05, 0) is 18.2 Å². The number of carbonyl (C=O) groups excluding carboxylic acids is 1. The second kappa shape index (κ2) is 5.92. The lowest BCUT2D eigenvalue weighted by Gasteiger charge is -2.11. The molecule has 106 valence electrons. The lowest BCUT2D eigenvalue weighted by molar-refractivity contribution is -0.138. The van der Waals surface area contributed by atoms with Gasteiger partial charge in [-0.25, -0.2) is 4.79 Å². The Morgan fingerprint density at radius 3 is 2.50 bits per heavy atom. The van der Waals surface area contributed by atoms with Gasteiger partial charge in [-0.2, -0.15) is 18.4 Å². The average molecular weight is 287 g/mol. The van der Waals surface area contributed by atoms with E-state index in [-0.39, 0.29) is 5.69 Å². The zero-order valence-corrected chi connectivity index (χ0v) is 9.78. The third-order valence-electron chi connectivity index (χ3n) is 2.10. The number of carboxylic acids is 1. The van der Waals surface area contributed by atoms with Gasteiger partial charge in [-0.3, -0.25) is 4.79 Å². The van der Waals surface area contributed by atoms with Crippen molar-refractivity contribution in [1.29, 1.82) is 5.26 Å². The Morgan fingerprint density at radius 2 is 2.00 bits per heavy atom. The number of carboxylic acid groups (broad SMARTS) is 1. The van der Waals surface area contributed by atoms with Crippen molar-refractivity contribution in [3.05, 3.63) is 29.3 Å². The van der Waals surface area contributed by atoms with Crippen LogP contribution in [-0.2, 0) is 11.0 Å². The Bertz CT molecular complexity index is 579. The number of nitrogens with one attached hydrogen (secondary N) is 2. The average Bonchev–Trinajstić information content (AvgIpc) is 2.35. The first-order chi connectivity index (χ1) is 9.24. The molecule has 0 saturated carbocycles. The highest BCUT2D eigenvalue weighted by Crippen LogP contribution is 2.33. The summed E-state index contributed by atoms with van der Waals surface area (Å²) in [5, 5.41) is 20.9. The van der Waals surface area contributed by atoms with Crippen LogP contribution in [0.4, 0.5) is 23.7 Å². The highest BCUT2D eigenvalue weighted by atomic mass is 19.4. The van der Waals surface area contributed by atoms with E-state index >= 15 is 0 Å². The lowest BCUT2D eigenvalue weighted by Crippen LogP contribution is -2.33. The Morgan fingerprint density at radius 1 is 1.35 bits per heavy atom. The second-order valence-electron chi connectivity index (χ2n) is 3.57. The van der Waals surface area contributed by atoms with E-state index in [1.165, 1.54) is 6.07 Å². The molecule has 0 aliphatic heterocycles. The van der Waals surface area contributed by atoms with Crippen molar-refractivity contribution in [3.8, 4) is 6.07 Å². The minimum Gasteiger partial charge on any atom is -0.480 e. The van der Waals surface area contributed by atoms with Gasteiger partial charge in [0.05, 0.1) is 17.2 Å². The first kappa shape index (κ1) is 15.3. The largest absolute Gasteiger partial charge is 0.480 e. The number of nitriles is 1. The number of benzene rings is 1. The molecule has 0 aromatic heterocycles. The lowest BCUT2D eigenvalue weighted by atomic mass is 10.1. The fourth-order valence-electron chi connectivity index (χ4n) is 1.29. The molecular formula is C11H8F3N3O3. The van der Waals surface area contributed by atoms with E-state index < -0.39 is 35.8 Å². The second-order valence-corrected chi connectivity index (χ2v) is 3.57. The Labute approximate surface area is 110 Å². The molecule has 0 saturated heterocycles. The summed E-state index contributed by atoms with van der Waals surface area (Å²) in [5.74, 6) is -1.30. The van der Waals surface area contributed by atoms with Crippen LogP contribution in [0.5, 0.6) is 0 Å². The smallest absolute Gasteiger partial charge is 0.417 e. The summed E-state index contributed by atoms with van der Waals surface area (Å²) in [5.41, 5.74) is -1.97. The van der Waals surface area contributed by atoms with Crippen LogP contribution in [-0.4, -0.2) is 23.7 Å². The molecule has 0 fully saturated rings. The van der Waals surface area contributed by atoms with Crippen molar-refractivity contribution in [2.75, 3.05) is 11.9 Å². The predicted octanol–water partition coefficient (Wildman–Crippen LogP) is 1.78. The molecule has 9 heteroatoms. The van der Waals surface area contributed by atoms with E-state index in [1.54, 1.807) is 0 Å². The standard InChI is InChI=1S/C11H8F3N3O3/c12-11(13,14)8-3-7(2-1-6(8)4-15)17-10(20)16-5-9(18)19/h1-3H,5H2,(H,18,19)(H2,16,17,20). The molecule has 0 heterocycles. The number of halogens is 3. The van der Waals surface area contributed by atoms with Gasteiger partial charge in [0.2, 0.25) is 0 Å². The molecule has 1 aromatic rings. The summed E-state index contributed by atoms with van der Waals surface area (Å²) in [6, 6.07) is 3.04. The zero-order valence-electron chi connectivity index (χ0n) is 9.78. The van der Waals surface area contributed by atoms with Crippen molar-refractivity contribution in [1.82, 2.24) is 5.32 Å². The number of anilines is 1. The third kappa shape index (κ3) is 4.16. The normalized spacial score (nSPS) is 10.5. The SMILES string of the molecule is N#Cc1ccc(NC(=O)NCC(=O)O)cc1C(F)(F)F. The highest BCUT2D eigenvalue weighted by Gasteiger charge is 2.33. The summed E-state index contributed by atoms with van der Waals surface area (Å²) in [6.07, 6.45) is -4.74. The van der Waals surface area contributed by atoms with Crippen LogP contribution in [0.1, 0.15) is 11.1 Å². The summed E-state index contributed by atoms with van der Waals surface area (Å²) >= 11 is 0. The molecule has 2 amide bonds. The van der Waals surface area contributed by atoms with Crippen molar-refractivity contribution in [2.24, 2.45) is 0 Å². The molecule has 0 unspecified atom stereocenters. The molecule has 0 aliphatic carbocycles. The number of nitrogens with zero attached hydrogens (tertiary/aromatic N) is 1. The number of amides is 2. The fraction of sp³-hybridized carbons (Fsp3) is 0.182. The number of alkyl halides is 3. The van der Waals surface area contributed by atoms with Crippen molar-refractivity contribution in [2.45, 2.75) is 6.18 Å². The van der Waals surface area contributed by atoms with Crippen LogP contribution >= 0.6 is 0 Å². The number of rotatable bonds is 3. The van der Waals surface area contributed by atoms with Gasteiger partial charge in [0.1, 0.15) is 6.54 Å². The topological polar surface area (TPSA) is 102 Å². The van der Waals surface area contributed by atoms with Crippen molar-refractivity contribution < 1.29 is 27.9 Å². The number of hydrogen-bond acceptors (Lipinski definition) is 3. The number of carbonyl (C=O) groups is 2. The van der Waals surface area contributed by atoms with Crippen LogP contribution in [0, 0.1) is 11.3 Å². The van der Waals surface area contributed by atoms with Gasteiger partial charge < -0.3 is 15.7 Å². The summed E-state index contributed by atoms with van der Waals surface area (Å²) < 4.78 is 37.9. The highest BCUT2D eigenvalue weighted by molar-refractivity contribution is 5.91. The molecule has 3 N–H and O–H groups in total. The van der Waals surface area contributed by atoms with Crippen LogP contribution in [0.25, 0.3) is 0 Å². The molecular weight excluding hydrogens is 279 g/mol. The minimum absolute atomic E-state index is 0.209. The van der Waals surface area contributed by atoms with Gasteiger partial charge in [0, 0.05) is 5.69 Å². The van der Waals surface area contributed by atoms with Crippen LogP contribution in [0.3, 0.4) is 0 Å². The predicted molar refractivity (Wildman–Crippen MR) is 60.8 cm³/mol. The van der Waals surface area contributed by atoms with E-state index in [2.05, 4.69) is 0 Å². The van der Waals surface area contributed by atoms with Crippen LogP contribution in [0.15, 0.2) is 18.2 Å². The third-order valence-corrected chi connectivity index (χ3v) is 2.10. The molecule has 0 radical (unpaired) electrons. The zero-order chi connectivity index (χ0) is 15.3. The van der Waals surface area contributed by atoms with E-state index in [0.29, 0.717) is 6.07 Å². The Kier molecular flexibility index (Phi) is 4.53. The van der Waals surface area contributed by atoms with Gasteiger partial charge in [-0.1, -0.05) is 0 Å². The molecule has 1 rings (SSSR count). The molecule has 0 spiro atoms. The summed E-state index contributed by atoms with van der Waals surface area (Å²) in [4.78, 5) is 21.4. The van der Waals surface area contributed by atoms with E-state index in [4.69, 9.17) is 10.4 Å². The minimum atomic E-state index is -4.74. The maximum atomic E-state index is 12.6. The molecule has 0 bridgehead atoms. The van der Waals surface area contributed by atoms with E-state index in [1.807, 2.05) is 10.6 Å². The van der Waals surface area contributed by atoms with Crippen LogP contribution in [0.2, 0.25) is 0 Å². The first-order valence-corrected chi connectivity index (χ1v) is 5.12. The van der Waals surface area contributed by atoms with E-state index in [0.717, 1.165) is 12.1 Å². The van der Waals surface area contributed by atoms with Crippen molar-refractivity contribution >= 4 is 17.7 Å². The number of aliphatic carboxylic acids is 1. The van der Waals surface area contributed by atoms with Crippen molar-refractivity contribution in [3.63, 3.8) is 0 Å². The molecule has 20 heavy (non-hydrogen) atoms. The maximum Gasteiger partial charge on any atom is 0.417 e. The van der Waals surface area contributed by atoms with Gasteiger partial charge in [0.25, 0.3) is 0 Å². The quantitative estimate of drug-likeness (QED) is 0.788. The van der Waals surface area contributed by atoms with E-state index in [9.17, 15) is 22.8 Å². The Balaban J connectivity index is 2.91. The fourth-order valence-corrected chi connectivity index (χ4v) is 1.29. The monoisotopic (exact) mass is 287 g/mol. The van der Waals surface area contributed by atoms with Gasteiger partial charge in [-0.15, -0.1) is 0 Å². The van der Waals surface area contributed by atoms with Gasteiger partial charge >= 0.3 is 18.2 Å². The molecule has 0 atom stereocenters. The van der Waals surface area contributed by atoms with Gasteiger partial charge in [0.15, 0.2) is 0 Å². The molecule has 1 aromatic carbocycles. The summed E-state index contributed by atoms with van der Waals surface area (Å²) in [7, 11) is 0. The maximum absolute atomic E-state index is 12.6. The molecule has 6 nitrogen and oxygen atoms in total. The number of hydrogen-bond donors (Lipinski definition) is 3. The first-order valence-electron chi connectivity index (χ1n) is 5.12. The Hall–Kier alpha value is -2.76. The summed E-state index contributed by atoms with van der Waals surface area (Å²) in [6.45, 7) is -0.672.